The van der Waals surface area contributed by atoms with Crippen molar-refractivity contribution in [2.24, 2.45) is 5.92 Å². The van der Waals surface area contributed by atoms with Crippen molar-refractivity contribution in [1.29, 1.82) is 0 Å². The maximum atomic E-state index is 13.0. The van der Waals surface area contributed by atoms with Gasteiger partial charge in [0.25, 0.3) is 5.91 Å². The number of carbonyl (C=O) groups excluding carboxylic acids is 1. The van der Waals surface area contributed by atoms with Crippen LogP contribution >= 0.6 is 0 Å². The fraction of sp³-hybridized carbons (Fsp3) is 0.611. The molecule has 1 saturated carbocycles. The fourth-order valence-corrected chi connectivity index (χ4v) is 3.50. The van der Waals surface area contributed by atoms with Gasteiger partial charge in [-0.15, -0.1) is 0 Å². The van der Waals surface area contributed by atoms with Crippen LogP contribution in [0.15, 0.2) is 16.8 Å². The summed E-state index contributed by atoms with van der Waals surface area (Å²) in [4.78, 5) is 14.8. The van der Waals surface area contributed by atoms with Gasteiger partial charge < -0.3 is 14.2 Å². The molecule has 2 aromatic rings. The lowest BCUT2D eigenvalue weighted by Crippen LogP contribution is -2.43. The lowest BCUT2D eigenvalue weighted by atomic mass is 9.99. The highest BCUT2D eigenvalue weighted by molar-refractivity contribution is 5.92. The zero-order valence-corrected chi connectivity index (χ0v) is 14.8. The zero-order valence-electron chi connectivity index (χ0n) is 14.8. The third kappa shape index (κ3) is 3.20. The molecule has 1 amide bonds. The highest BCUT2D eigenvalue weighted by Gasteiger charge is 2.36. The monoisotopic (exact) mass is 344 g/mol. The van der Waals surface area contributed by atoms with Gasteiger partial charge >= 0.3 is 0 Å². The van der Waals surface area contributed by atoms with E-state index in [0.29, 0.717) is 31.2 Å². The Kier molecular flexibility index (Phi) is 4.33. The summed E-state index contributed by atoms with van der Waals surface area (Å²) in [6.45, 7) is 6.43. The molecule has 1 aliphatic heterocycles. The normalized spacial score (nSPS) is 19.9. The molecule has 0 unspecified atom stereocenters. The number of fused-ring (bicyclic) bond motifs is 1. The molecular formula is C18H24N4O3. The second-order valence-electron chi connectivity index (χ2n) is 6.93. The van der Waals surface area contributed by atoms with E-state index in [-0.39, 0.29) is 11.9 Å². The first kappa shape index (κ1) is 16.3. The number of aryl methyl sites for hydroxylation is 1. The van der Waals surface area contributed by atoms with Gasteiger partial charge in [0.1, 0.15) is 5.76 Å². The summed E-state index contributed by atoms with van der Waals surface area (Å²) in [5.74, 6) is 1.26. The summed E-state index contributed by atoms with van der Waals surface area (Å²) in [7, 11) is 0. The molecule has 1 fully saturated rings. The van der Waals surface area contributed by atoms with Crippen molar-refractivity contribution in [1.82, 2.24) is 19.8 Å². The van der Waals surface area contributed by atoms with Crippen molar-refractivity contribution >= 4 is 5.91 Å². The summed E-state index contributed by atoms with van der Waals surface area (Å²) in [6, 6.07) is 1.56. The van der Waals surface area contributed by atoms with Crippen LogP contribution in [0.3, 0.4) is 0 Å². The number of carbonyl (C=O) groups is 1. The highest BCUT2D eigenvalue weighted by atomic mass is 16.5. The Labute approximate surface area is 146 Å². The summed E-state index contributed by atoms with van der Waals surface area (Å²) >= 11 is 0. The molecule has 3 heterocycles. The molecule has 2 aromatic heterocycles. The predicted octanol–water partition coefficient (Wildman–Crippen LogP) is 2.37. The van der Waals surface area contributed by atoms with Crippen LogP contribution in [0.2, 0.25) is 0 Å². The Morgan fingerprint density at radius 1 is 1.44 bits per heavy atom. The predicted molar refractivity (Wildman–Crippen MR) is 90.2 cm³/mol. The van der Waals surface area contributed by atoms with Crippen LogP contribution in [0.25, 0.3) is 0 Å². The number of amides is 1. The Hall–Kier alpha value is -2.15. The van der Waals surface area contributed by atoms with Crippen molar-refractivity contribution < 1.29 is 14.1 Å². The third-order valence-electron chi connectivity index (χ3n) is 4.99. The lowest BCUT2D eigenvalue weighted by Gasteiger charge is -2.35. The Balaban J connectivity index is 1.65. The van der Waals surface area contributed by atoms with Gasteiger partial charge in [0, 0.05) is 25.8 Å². The first-order chi connectivity index (χ1) is 12.2. The van der Waals surface area contributed by atoms with E-state index >= 15 is 0 Å². The van der Waals surface area contributed by atoms with Crippen LogP contribution in [0.1, 0.15) is 53.3 Å². The Bertz CT molecular complexity index is 762. The van der Waals surface area contributed by atoms with Gasteiger partial charge in [-0.05, 0) is 44.6 Å². The second-order valence-corrected chi connectivity index (χ2v) is 6.93. The van der Waals surface area contributed by atoms with Crippen LogP contribution in [0.4, 0.5) is 0 Å². The molecule has 2 aliphatic rings. The molecule has 0 radical (unpaired) electrons. The molecule has 0 saturated heterocycles. The van der Waals surface area contributed by atoms with Crippen molar-refractivity contribution in [2.45, 2.75) is 45.7 Å². The van der Waals surface area contributed by atoms with E-state index in [1.165, 1.54) is 18.4 Å². The van der Waals surface area contributed by atoms with Crippen molar-refractivity contribution in [3.63, 3.8) is 0 Å². The smallest absolute Gasteiger partial charge is 0.276 e. The molecular weight excluding hydrogens is 320 g/mol. The van der Waals surface area contributed by atoms with E-state index in [1.54, 1.807) is 13.0 Å². The van der Waals surface area contributed by atoms with E-state index in [2.05, 4.69) is 14.9 Å². The van der Waals surface area contributed by atoms with Gasteiger partial charge in [-0.25, -0.2) is 0 Å². The first-order valence-corrected chi connectivity index (χ1v) is 9.04. The van der Waals surface area contributed by atoms with Crippen molar-refractivity contribution in [3.8, 4) is 0 Å². The average Bonchev–Trinajstić information content (AvgIpc) is 3.17. The summed E-state index contributed by atoms with van der Waals surface area (Å²) in [6.07, 6.45) is 5.31. The van der Waals surface area contributed by atoms with Crippen molar-refractivity contribution in [3.05, 3.63) is 35.0 Å². The number of aromatic nitrogens is 3. The molecule has 0 N–H and O–H groups in total. The number of hydrogen-bond acceptors (Lipinski definition) is 5. The molecule has 134 valence electrons. The van der Waals surface area contributed by atoms with Gasteiger partial charge in [0.15, 0.2) is 5.69 Å². The molecule has 0 bridgehead atoms. The van der Waals surface area contributed by atoms with E-state index in [9.17, 15) is 4.79 Å². The molecule has 1 atom stereocenters. The maximum absolute atomic E-state index is 13.0. The van der Waals surface area contributed by atoms with Crippen LogP contribution < -0.4 is 0 Å². The lowest BCUT2D eigenvalue weighted by molar-refractivity contribution is 0.0390. The summed E-state index contributed by atoms with van der Waals surface area (Å²) in [5, 5.41) is 8.50. The van der Waals surface area contributed by atoms with Crippen molar-refractivity contribution in [2.75, 3.05) is 19.8 Å². The standard InChI is InChI=1S/C18H24N4O3/c1-3-24-11-16-17-14(9-19-22(17)10-13-4-5-13)6-7-21(16)18(23)15-8-12(2)25-20-15/h8-9,13,16H,3-7,10-11H2,1-2H3/t16-/m0/s1. The van der Waals surface area contributed by atoms with Gasteiger partial charge in [-0.3, -0.25) is 9.48 Å². The number of nitrogens with zero attached hydrogens (tertiary/aromatic N) is 4. The molecule has 7 heteroatoms. The van der Waals surface area contributed by atoms with Crippen LogP contribution in [0.5, 0.6) is 0 Å². The second kappa shape index (κ2) is 6.63. The minimum absolute atomic E-state index is 0.105. The minimum Gasteiger partial charge on any atom is -0.379 e. The Morgan fingerprint density at radius 3 is 2.96 bits per heavy atom. The summed E-state index contributed by atoms with van der Waals surface area (Å²) < 4.78 is 12.9. The molecule has 4 rings (SSSR count). The molecule has 1 aliphatic carbocycles. The van der Waals surface area contributed by atoms with Crippen LogP contribution in [-0.2, 0) is 17.7 Å². The van der Waals surface area contributed by atoms with Crippen LogP contribution in [-0.4, -0.2) is 45.5 Å². The molecule has 0 spiro atoms. The minimum atomic E-state index is -0.130. The van der Waals surface area contributed by atoms with Gasteiger partial charge in [0.2, 0.25) is 0 Å². The van der Waals surface area contributed by atoms with Gasteiger partial charge in [-0.1, -0.05) is 5.16 Å². The van der Waals surface area contributed by atoms with E-state index in [1.807, 2.05) is 18.0 Å². The number of rotatable bonds is 6. The first-order valence-electron chi connectivity index (χ1n) is 9.04. The Morgan fingerprint density at radius 2 is 2.28 bits per heavy atom. The molecule has 0 aromatic carbocycles. The van der Waals surface area contributed by atoms with Crippen LogP contribution in [0, 0.1) is 12.8 Å². The molecule has 7 nitrogen and oxygen atoms in total. The van der Waals surface area contributed by atoms with Gasteiger partial charge in [0.05, 0.1) is 24.5 Å². The quantitative estimate of drug-likeness (QED) is 0.804. The summed E-state index contributed by atoms with van der Waals surface area (Å²) in [5.41, 5.74) is 2.71. The molecule has 25 heavy (non-hydrogen) atoms. The third-order valence-corrected chi connectivity index (χ3v) is 4.99. The maximum Gasteiger partial charge on any atom is 0.276 e. The largest absolute Gasteiger partial charge is 0.379 e. The van der Waals surface area contributed by atoms with Gasteiger partial charge in [-0.2, -0.15) is 5.10 Å². The topological polar surface area (TPSA) is 73.4 Å². The number of ether oxygens (including phenoxy) is 1. The zero-order chi connectivity index (χ0) is 17.4. The SMILES string of the molecule is CCOC[C@H]1c2c(cnn2CC2CC2)CCN1C(=O)c1cc(C)on1. The average molecular weight is 344 g/mol. The van der Waals surface area contributed by atoms with E-state index < -0.39 is 0 Å². The van der Waals surface area contributed by atoms with E-state index in [4.69, 9.17) is 9.26 Å². The van der Waals surface area contributed by atoms with E-state index in [0.717, 1.165) is 24.6 Å². The highest BCUT2D eigenvalue weighted by Crippen LogP contribution is 2.35. The number of hydrogen-bond donors (Lipinski definition) is 0. The fourth-order valence-electron chi connectivity index (χ4n) is 3.50.